The lowest BCUT2D eigenvalue weighted by Gasteiger charge is -2.21. The highest BCUT2D eigenvalue weighted by molar-refractivity contribution is 9.08. The van der Waals surface area contributed by atoms with Crippen LogP contribution in [-0.4, -0.2) is 27.7 Å². The first-order valence-corrected chi connectivity index (χ1v) is 5.22. The van der Waals surface area contributed by atoms with Crippen molar-refractivity contribution >= 4 is 38.0 Å². The van der Waals surface area contributed by atoms with E-state index in [9.17, 15) is 8.42 Å². The molecule has 0 rings (SSSR count). The minimum Gasteiger partial charge on any atom is -0.285 e. The predicted molar refractivity (Wildman–Crippen MR) is 47.1 cm³/mol. The number of nitrogens with zero attached hydrogens (tertiary/aromatic N) is 1. The molecule has 0 radical (unpaired) electrons. The summed E-state index contributed by atoms with van der Waals surface area (Å²) in [5.74, 6) is 0. The third-order valence-electron chi connectivity index (χ3n) is 1.20. The molecular weight excluding hydrogens is 257 g/mol. The van der Waals surface area contributed by atoms with Gasteiger partial charge in [0.25, 0.3) is 10.1 Å². The zero-order valence-electron chi connectivity index (χ0n) is 6.08. The summed E-state index contributed by atoms with van der Waals surface area (Å²) in [6.45, 7) is 2.74. The fourth-order valence-electron chi connectivity index (χ4n) is 0.369. The SMILES string of the molecule is CC(C)(CN(Cl)Br)S(=O)(=O)O. The van der Waals surface area contributed by atoms with Crippen molar-refractivity contribution in [3.05, 3.63) is 0 Å². The van der Waals surface area contributed by atoms with Crippen LogP contribution in [0.5, 0.6) is 0 Å². The normalized spacial score (nSPS) is 14.0. The van der Waals surface area contributed by atoms with Gasteiger partial charge in [0.15, 0.2) is 0 Å². The molecule has 1 N–H and O–H groups in total. The third kappa shape index (κ3) is 3.71. The summed E-state index contributed by atoms with van der Waals surface area (Å²) in [4.78, 5) is 0. The molecular formula is C4H9BrClNO3S. The van der Waals surface area contributed by atoms with E-state index in [4.69, 9.17) is 16.3 Å². The second-order valence-corrected chi connectivity index (χ2v) is 6.42. The molecule has 68 valence electrons. The van der Waals surface area contributed by atoms with Gasteiger partial charge >= 0.3 is 0 Å². The highest BCUT2D eigenvalue weighted by Crippen LogP contribution is 2.19. The molecule has 0 aliphatic carbocycles. The molecule has 0 saturated carbocycles. The van der Waals surface area contributed by atoms with Crippen LogP contribution in [-0.2, 0) is 10.1 Å². The van der Waals surface area contributed by atoms with Crippen molar-refractivity contribution in [1.82, 2.24) is 3.45 Å². The molecule has 0 aromatic heterocycles. The first-order chi connectivity index (χ1) is 4.67. The van der Waals surface area contributed by atoms with E-state index < -0.39 is 14.9 Å². The Morgan fingerprint density at radius 1 is 1.64 bits per heavy atom. The molecule has 0 aromatic rings. The van der Waals surface area contributed by atoms with E-state index in [0.717, 1.165) is 3.45 Å². The van der Waals surface area contributed by atoms with Crippen molar-refractivity contribution in [3.63, 3.8) is 0 Å². The van der Waals surface area contributed by atoms with Gasteiger partial charge in [0.05, 0.1) is 0 Å². The maximum absolute atomic E-state index is 10.6. The molecule has 7 heteroatoms. The molecule has 4 nitrogen and oxygen atoms in total. The molecule has 0 saturated heterocycles. The maximum atomic E-state index is 10.6. The lowest BCUT2D eigenvalue weighted by atomic mass is 10.2. The Balaban J connectivity index is 4.49. The number of hydrogen-bond acceptors (Lipinski definition) is 3. The molecule has 0 atom stereocenters. The topological polar surface area (TPSA) is 57.6 Å². The summed E-state index contributed by atoms with van der Waals surface area (Å²) in [6.07, 6.45) is 0. The Morgan fingerprint density at radius 3 is 2.09 bits per heavy atom. The average Bonchev–Trinajstić information content (AvgIpc) is 1.56. The molecule has 0 aliphatic rings. The van der Waals surface area contributed by atoms with Crippen LogP contribution in [0, 0.1) is 0 Å². The fraction of sp³-hybridized carbons (Fsp3) is 1.00. The highest BCUT2D eigenvalue weighted by atomic mass is 79.9. The smallest absolute Gasteiger partial charge is 0.271 e. The van der Waals surface area contributed by atoms with E-state index in [1.807, 2.05) is 0 Å². The molecule has 0 aliphatic heterocycles. The summed E-state index contributed by atoms with van der Waals surface area (Å²) in [7, 11) is -4.05. The van der Waals surface area contributed by atoms with E-state index in [2.05, 4.69) is 16.1 Å². The van der Waals surface area contributed by atoms with Gasteiger partial charge in [-0.25, -0.2) is 0 Å². The van der Waals surface area contributed by atoms with E-state index >= 15 is 0 Å². The van der Waals surface area contributed by atoms with E-state index in [0.29, 0.717) is 0 Å². The van der Waals surface area contributed by atoms with Gasteiger partial charge in [0.1, 0.15) is 4.75 Å². The van der Waals surface area contributed by atoms with Gasteiger partial charge in [-0.2, -0.15) is 11.9 Å². The van der Waals surface area contributed by atoms with Crippen LogP contribution < -0.4 is 0 Å². The summed E-state index contributed by atoms with van der Waals surface area (Å²) in [5, 5.41) is 0. The lowest BCUT2D eigenvalue weighted by Crippen LogP contribution is -2.38. The van der Waals surface area contributed by atoms with Crippen molar-refractivity contribution in [2.24, 2.45) is 0 Å². The van der Waals surface area contributed by atoms with Crippen LogP contribution in [0.4, 0.5) is 0 Å². The van der Waals surface area contributed by atoms with Gasteiger partial charge in [-0.1, -0.05) is 0 Å². The zero-order valence-corrected chi connectivity index (χ0v) is 9.24. The number of halogens is 2. The Kier molecular flexibility index (Phi) is 3.78. The van der Waals surface area contributed by atoms with Crippen LogP contribution in [0.25, 0.3) is 0 Å². The van der Waals surface area contributed by atoms with Crippen LogP contribution in [0.2, 0.25) is 0 Å². The Hall–Kier alpha value is 0.640. The zero-order chi connectivity index (χ0) is 9.28. The van der Waals surface area contributed by atoms with Crippen molar-refractivity contribution in [3.8, 4) is 0 Å². The Labute approximate surface area is 79.7 Å². The van der Waals surface area contributed by atoms with Crippen LogP contribution in [0.1, 0.15) is 13.8 Å². The highest BCUT2D eigenvalue weighted by Gasteiger charge is 2.33. The van der Waals surface area contributed by atoms with Gasteiger partial charge in [0, 0.05) is 22.7 Å². The van der Waals surface area contributed by atoms with Crippen molar-refractivity contribution in [2.45, 2.75) is 18.6 Å². The van der Waals surface area contributed by atoms with Crippen LogP contribution in [0.15, 0.2) is 0 Å². The first kappa shape index (κ1) is 11.6. The Morgan fingerprint density at radius 2 is 2.00 bits per heavy atom. The summed E-state index contributed by atoms with van der Waals surface area (Å²) < 4.78 is 29.7. The fourth-order valence-corrected chi connectivity index (χ4v) is 1.82. The quantitative estimate of drug-likeness (QED) is 0.620. The monoisotopic (exact) mass is 265 g/mol. The summed E-state index contributed by atoms with van der Waals surface area (Å²) in [6, 6.07) is 0. The van der Waals surface area contributed by atoms with Gasteiger partial charge in [-0.15, -0.1) is 0 Å². The third-order valence-corrected chi connectivity index (χ3v) is 3.09. The van der Waals surface area contributed by atoms with Crippen molar-refractivity contribution in [1.29, 1.82) is 0 Å². The molecule has 0 bridgehead atoms. The van der Waals surface area contributed by atoms with Gasteiger partial charge in [-0.3, -0.25) is 4.55 Å². The van der Waals surface area contributed by atoms with Crippen molar-refractivity contribution < 1.29 is 13.0 Å². The first-order valence-electron chi connectivity index (χ1n) is 2.73. The summed E-state index contributed by atoms with van der Waals surface area (Å²) >= 11 is 8.17. The molecule has 0 heterocycles. The minimum atomic E-state index is -4.05. The molecule has 0 aromatic carbocycles. The van der Waals surface area contributed by atoms with Gasteiger partial charge < -0.3 is 0 Å². The number of hydrogen-bond donors (Lipinski definition) is 1. The standard InChI is InChI=1S/C4H9BrClNO3S/c1-4(2,3-7(5)6)11(8,9)10/h3H2,1-2H3,(H,8,9,10). The molecule has 0 fully saturated rings. The van der Waals surface area contributed by atoms with Crippen molar-refractivity contribution in [2.75, 3.05) is 6.54 Å². The molecule has 0 amide bonds. The largest absolute Gasteiger partial charge is 0.285 e. The second-order valence-electron chi connectivity index (χ2n) is 2.70. The number of rotatable bonds is 3. The second kappa shape index (κ2) is 3.57. The van der Waals surface area contributed by atoms with E-state index in [1.165, 1.54) is 13.8 Å². The Bertz CT molecular complexity index is 225. The maximum Gasteiger partial charge on any atom is 0.271 e. The van der Waals surface area contributed by atoms with Gasteiger partial charge in [-0.05, 0) is 25.6 Å². The molecule has 0 spiro atoms. The van der Waals surface area contributed by atoms with E-state index in [1.54, 1.807) is 0 Å². The average molecular weight is 267 g/mol. The lowest BCUT2D eigenvalue weighted by molar-refractivity contribution is 0.428. The molecule has 0 unspecified atom stereocenters. The van der Waals surface area contributed by atoms with Crippen LogP contribution >= 0.6 is 27.9 Å². The molecule has 11 heavy (non-hydrogen) atoms. The summed E-state index contributed by atoms with van der Waals surface area (Å²) in [5.41, 5.74) is 0. The predicted octanol–water partition coefficient (Wildman–Crippen LogP) is 1.42. The minimum absolute atomic E-state index is 0.00656. The van der Waals surface area contributed by atoms with Crippen LogP contribution in [0.3, 0.4) is 0 Å². The van der Waals surface area contributed by atoms with Gasteiger partial charge in [0.2, 0.25) is 0 Å². The van der Waals surface area contributed by atoms with E-state index in [-0.39, 0.29) is 6.54 Å².